The van der Waals surface area contributed by atoms with Crippen molar-refractivity contribution in [2.75, 3.05) is 0 Å². The Hall–Kier alpha value is -2.23. The second-order valence-electron chi connectivity index (χ2n) is 6.71. The minimum absolute atomic E-state index is 0.102. The molecule has 0 heterocycles. The Morgan fingerprint density at radius 1 is 1.04 bits per heavy atom. The van der Waals surface area contributed by atoms with Crippen LogP contribution in [0, 0.1) is 17.6 Å². The molecule has 0 amide bonds. The molecule has 0 unspecified atom stereocenters. The molecule has 0 aliphatic heterocycles. The van der Waals surface area contributed by atoms with E-state index in [0.717, 1.165) is 24.3 Å². The number of carbonyl (C=O) groups excluding carboxylic acids is 1. The summed E-state index contributed by atoms with van der Waals surface area (Å²) in [7, 11) is 0. The van der Waals surface area contributed by atoms with Gasteiger partial charge in [-0.25, -0.2) is 13.6 Å². The molecule has 1 saturated carbocycles. The molecule has 0 aromatic heterocycles. The molecule has 0 spiro atoms. The molecule has 1 fully saturated rings. The van der Waals surface area contributed by atoms with Crippen LogP contribution in [-0.2, 0) is 0 Å². The van der Waals surface area contributed by atoms with Crippen LogP contribution in [0.4, 0.5) is 8.78 Å². The van der Waals surface area contributed by atoms with Gasteiger partial charge in [0, 0.05) is 0 Å². The Morgan fingerprint density at radius 2 is 1.72 bits per heavy atom. The fraction of sp³-hybridized carbons (Fsp3) is 0.381. The summed E-state index contributed by atoms with van der Waals surface area (Å²) in [6.07, 6.45) is 5.69. The average Bonchev–Trinajstić information content (AvgIpc) is 2.63. The van der Waals surface area contributed by atoms with Crippen molar-refractivity contribution < 1.29 is 18.3 Å². The number of halogens is 2. The van der Waals surface area contributed by atoms with Crippen molar-refractivity contribution in [1.29, 1.82) is 0 Å². The van der Waals surface area contributed by atoms with Gasteiger partial charge >= 0.3 is 5.97 Å². The van der Waals surface area contributed by atoms with E-state index in [0.29, 0.717) is 5.92 Å². The van der Waals surface area contributed by atoms with E-state index in [2.05, 4.69) is 6.92 Å². The van der Waals surface area contributed by atoms with Crippen molar-refractivity contribution in [3.05, 3.63) is 65.2 Å². The fourth-order valence-corrected chi connectivity index (χ4v) is 3.52. The number of hydrogen-bond acceptors (Lipinski definition) is 2. The minimum atomic E-state index is -0.773. The first-order valence-electron chi connectivity index (χ1n) is 8.84. The molecule has 1 aliphatic carbocycles. The average molecular weight is 344 g/mol. The quantitative estimate of drug-likeness (QED) is 0.512. The second-order valence-corrected chi connectivity index (χ2v) is 6.71. The van der Waals surface area contributed by atoms with Crippen molar-refractivity contribution in [3.63, 3.8) is 0 Å². The van der Waals surface area contributed by atoms with Crippen LogP contribution in [0.15, 0.2) is 42.5 Å². The molecule has 1 aliphatic rings. The first kappa shape index (κ1) is 17.6. The van der Waals surface area contributed by atoms with E-state index in [-0.39, 0.29) is 11.3 Å². The van der Waals surface area contributed by atoms with E-state index in [1.807, 2.05) is 6.07 Å². The van der Waals surface area contributed by atoms with E-state index >= 15 is 0 Å². The van der Waals surface area contributed by atoms with E-state index in [1.165, 1.54) is 55.7 Å². The topological polar surface area (TPSA) is 26.3 Å². The van der Waals surface area contributed by atoms with Crippen LogP contribution in [0.1, 0.15) is 60.9 Å². The normalized spacial score (nSPS) is 20.3. The van der Waals surface area contributed by atoms with Gasteiger partial charge < -0.3 is 4.74 Å². The third-order valence-corrected chi connectivity index (χ3v) is 5.13. The van der Waals surface area contributed by atoms with Gasteiger partial charge in [0.2, 0.25) is 0 Å². The van der Waals surface area contributed by atoms with E-state index < -0.39 is 17.6 Å². The molecular weight excluding hydrogens is 322 g/mol. The van der Waals surface area contributed by atoms with Crippen LogP contribution in [0.5, 0.6) is 5.75 Å². The number of esters is 1. The Bertz CT molecular complexity index is 732. The molecule has 0 bridgehead atoms. The van der Waals surface area contributed by atoms with Crippen LogP contribution in [0.25, 0.3) is 0 Å². The standard InChI is InChI=1S/C21H22F2O2/c1-2-14-3-5-15(6-4-14)16-7-12-19(20(23)13-16)21(24)25-18-10-8-17(22)9-11-18/h7-15H,2-6H2,1H3/t14-,15-. The maximum Gasteiger partial charge on any atom is 0.346 e. The van der Waals surface area contributed by atoms with Gasteiger partial charge in [-0.3, -0.25) is 0 Å². The third kappa shape index (κ3) is 4.25. The molecule has 0 N–H and O–H groups in total. The van der Waals surface area contributed by atoms with Gasteiger partial charge in [-0.2, -0.15) is 0 Å². The third-order valence-electron chi connectivity index (χ3n) is 5.13. The lowest BCUT2D eigenvalue weighted by atomic mass is 9.78. The van der Waals surface area contributed by atoms with Gasteiger partial charge in [0.25, 0.3) is 0 Å². The first-order valence-corrected chi connectivity index (χ1v) is 8.84. The molecule has 0 atom stereocenters. The lowest BCUT2D eigenvalue weighted by Gasteiger charge is -2.28. The molecule has 2 aromatic rings. The van der Waals surface area contributed by atoms with Gasteiger partial charge in [-0.15, -0.1) is 0 Å². The molecule has 0 saturated heterocycles. The van der Waals surface area contributed by atoms with E-state index in [9.17, 15) is 13.6 Å². The fourth-order valence-electron chi connectivity index (χ4n) is 3.52. The zero-order valence-corrected chi connectivity index (χ0v) is 14.3. The first-order chi connectivity index (χ1) is 12.1. The van der Waals surface area contributed by atoms with E-state index in [1.54, 1.807) is 0 Å². The lowest BCUT2D eigenvalue weighted by molar-refractivity contribution is 0.0729. The van der Waals surface area contributed by atoms with Crippen molar-refractivity contribution in [2.24, 2.45) is 5.92 Å². The summed E-state index contributed by atoms with van der Waals surface area (Å²) >= 11 is 0. The van der Waals surface area contributed by atoms with Crippen LogP contribution in [-0.4, -0.2) is 5.97 Å². The summed E-state index contributed by atoms with van der Waals surface area (Å²) < 4.78 is 32.4. The van der Waals surface area contributed by atoms with Crippen molar-refractivity contribution in [1.82, 2.24) is 0 Å². The zero-order valence-electron chi connectivity index (χ0n) is 14.3. The van der Waals surface area contributed by atoms with Gasteiger partial charge in [0.05, 0.1) is 5.56 Å². The summed E-state index contributed by atoms with van der Waals surface area (Å²) in [6.45, 7) is 2.21. The molecular formula is C21H22F2O2. The molecule has 2 nitrogen and oxygen atoms in total. The van der Waals surface area contributed by atoms with Gasteiger partial charge in [0.1, 0.15) is 17.4 Å². The monoisotopic (exact) mass is 344 g/mol. The van der Waals surface area contributed by atoms with Gasteiger partial charge in [-0.05, 0) is 79.5 Å². The minimum Gasteiger partial charge on any atom is -0.423 e. The number of rotatable bonds is 4. The highest BCUT2D eigenvalue weighted by Crippen LogP contribution is 2.37. The molecule has 0 radical (unpaired) electrons. The predicted octanol–water partition coefficient (Wildman–Crippen LogP) is 5.87. The predicted molar refractivity (Wildman–Crippen MR) is 92.7 cm³/mol. The van der Waals surface area contributed by atoms with Crippen molar-refractivity contribution in [3.8, 4) is 5.75 Å². The smallest absolute Gasteiger partial charge is 0.346 e. The number of benzene rings is 2. The number of carbonyl (C=O) groups is 1. The SMILES string of the molecule is CC[C@H]1CC[C@H](c2ccc(C(=O)Oc3ccc(F)cc3)c(F)c2)CC1. The summed E-state index contributed by atoms with van der Waals surface area (Å²) in [5, 5.41) is 0. The summed E-state index contributed by atoms with van der Waals surface area (Å²) in [5.74, 6) is -0.431. The van der Waals surface area contributed by atoms with Crippen molar-refractivity contribution in [2.45, 2.75) is 44.9 Å². The summed E-state index contributed by atoms with van der Waals surface area (Å²) in [4.78, 5) is 12.1. The maximum atomic E-state index is 14.4. The van der Waals surface area contributed by atoms with Crippen LogP contribution >= 0.6 is 0 Å². The summed E-state index contributed by atoms with van der Waals surface area (Å²) in [6, 6.07) is 9.82. The molecule has 25 heavy (non-hydrogen) atoms. The van der Waals surface area contributed by atoms with Crippen LogP contribution in [0.3, 0.4) is 0 Å². The Morgan fingerprint density at radius 3 is 2.32 bits per heavy atom. The van der Waals surface area contributed by atoms with Gasteiger partial charge in [0.15, 0.2) is 0 Å². The Balaban J connectivity index is 1.69. The lowest BCUT2D eigenvalue weighted by Crippen LogP contribution is -2.14. The van der Waals surface area contributed by atoms with Crippen LogP contribution in [0.2, 0.25) is 0 Å². The number of ether oxygens (including phenoxy) is 1. The molecule has 3 rings (SSSR count). The van der Waals surface area contributed by atoms with Crippen molar-refractivity contribution >= 4 is 5.97 Å². The molecule has 4 heteroatoms. The highest BCUT2D eigenvalue weighted by molar-refractivity contribution is 5.91. The highest BCUT2D eigenvalue weighted by atomic mass is 19.1. The number of hydrogen-bond donors (Lipinski definition) is 0. The maximum absolute atomic E-state index is 14.4. The second kappa shape index (κ2) is 7.77. The largest absolute Gasteiger partial charge is 0.423 e. The molecule has 132 valence electrons. The zero-order chi connectivity index (χ0) is 17.8. The summed E-state index contributed by atoms with van der Waals surface area (Å²) in [5.41, 5.74) is 0.848. The highest BCUT2D eigenvalue weighted by Gasteiger charge is 2.23. The van der Waals surface area contributed by atoms with Gasteiger partial charge in [-0.1, -0.05) is 19.4 Å². The van der Waals surface area contributed by atoms with Crippen LogP contribution < -0.4 is 4.74 Å². The Labute approximate surface area is 146 Å². The van der Waals surface area contributed by atoms with E-state index in [4.69, 9.17) is 4.74 Å². The Kier molecular flexibility index (Phi) is 5.47. The molecule has 2 aromatic carbocycles.